The molecule has 1 radical (unpaired) electrons. The Bertz CT molecular complexity index is 1650. The summed E-state index contributed by atoms with van der Waals surface area (Å²) in [6, 6.07) is 20.0. The van der Waals surface area contributed by atoms with Crippen molar-refractivity contribution in [1.82, 2.24) is 0 Å². The fourth-order valence-electron chi connectivity index (χ4n) is 3.83. The topological polar surface area (TPSA) is 165 Å². The molecule has 4 aromatic carbocycles. The van der Waals surface area contributed by atoms with Crippen molar-refractivity contribution in [1.29, 1.82) is 0 Å². The molecule has 0 unspecified atom stereocenters. The smallest absolute Gasteiger partial charge is 0.271 e. The molecule has 0 heterocycles. The van der Waals surface area contributed by atoms with Crippen LogP contribution in [0.15, 0.2) is 99.3 Å². The van der Waals surface area contributed by atoms with E-state index in [2.05, 4.69) is 27.4 Å². The molecule has 0 saturated heterocycles. The van der Waals surface area contributed by atoms with Crippen LogP contribution in [0.5, 0.6) is 11.5 Å². The lowest BCUT2D eigenvalue weighted by Gasteiger charge is -2.14. The van der Waals surface area contributed by atoms with Crippen LogP contribution in [0, 0.1) is 27.2 Å². The van der Waals surface area contributed by atoms with Crippen LogP contribution in [-0.4, -0.2) is 21.6 Å². The molecule has 12 heteroatoms. The minimum absolute atomic E-state index is 0.0237. The van der Waals surface area contributed by atoms with E-state index in [-0.39, 0.29) is 23.5 Å². The molecule has 0 atom stereocenters. The summed E-state index contributed by atoms with van der Waals surface area (Å²) in [5.74, 6) is 0.569. The Morgan fingerprint density at radius 1 is 0.756 bits per heavy atom. The van der Waals surface area contributed by atoms with Crippen LogP contribution >= 0.6 is 0 Å². The molecule has 4 aromatic rings. The van der Waals surface area contributed by atoms with Gasteiger partial charge in [-0.3, -0.25) is 20.2 Å². The first kappa shape index (κ1) is 28.5. The van der Waals surface area contributed by atoms with Crippen molar-refractivity contribution in [2.24, 2.45) is 20.5 Å². The van der Waals surface area contributed by atoms with E-state index in [1.54, 1.807) is 42.5 Å². The highest BCUT2D eigenvalue weighted by Gasteiger charge is 2.13. The highest BCUT2D eigenvalue weighted by atomic mass is 16.6. The Balaban J connectivity index is 1.64. The largest absolute Gasteiger partial charge is 0.507 e. The molecule has 207 valence electrons. The molecule has 0 aliphatic rings. The summed E-state index contributed by atoms with van der Waals surface area (Å²) in [5, 5.41) is 49.5. The molecule has 0 bridgehead atoms. The molecule has 41 heavy (non-hydrogen) atoms. The van der Waals surface area contributed by atoms with Gasteiger partial charge in [0, 0.05) is 41.8 Å². The number of nitro groups is 2. The van der Waals surface area contributed by atoms with Crippen molar-refractivity contribution >= 4 is 34.1 Å². The zero-order valence-corrected chi connectivity index (χ0v) is 22.0. The van der Waals surface area contributed by atoms with Crippen LogP contribution < -0.4 is 4.74 Å². The summed E-state index contributed by atoms with van der Waals surface area (Å²) in [4.78, 5) is 21.1. The van der Waals surface area contributed by atoms with Crippen LogP contribution in [0.4, 0.5) is 34.1 Å². The van der Waals surface area contributed by atoms with Crippen molar-refractivity contribution in [3.05, 3.63) is 123 Å². The van der Waals surface area contributed by atoms with Crippen molar-refractivity contribution in [2.45, 2.75) is 19.8 Å². The van der Waals surface area contributed by atoms with Gasteiger partial charge in [-0.15, -0.1) is 0 Å². The lowest BCUT2D eigenvalue weighted by atomic mass is 9.99. The zero-order valence-electron chi connectivity index (χ0n) is 22.0. The number of ether oxygens (including phenoxy) is 1. The number of benzene rings is 4. The Hall–Kier alpha value is -5.52. The van der Waals surface area contributed by atoms with E-state index in [1.807, 2.05) is 6.92 Å². The van der Waals surface area contributed by atoms with E-state index >= 15 is 0 Å². The third-order valence-electron chi connectivity index (χ3n) is 5.78. The molecular formula is C29H25N6O6. The first-order valence-corrected chi connectivity index (χ1v) is 12.5. The van der Waals surface area contributed by atoms with Crippen LogP contribution in [0.2, 0.25) is 0 Å². The standard InChI is InChI=1S/C29H25N6O6/c1-3-12-41-28-11-10-24(32-30-22-6-4-8-26(17-22)34(37)38)15-20(28)14-21-16-25(13-19(2)29(21)36)33-31-23-7-5-9-27(18-23)35(39)40/h4-11,13,15-18,36H,2-3,12,14H2,1H3. The molecule has 1 N–H and O–H groups in total. The lowest BCUT2D eigenvalue weighted by Crippen LogP contribution is -2.00. The maximum atomic E-state index is 11.1. The molecule has 4 rings (SSSR count). The average molecular weight is 554 g/mol. The van der Waals surface area contributed by atoms with E-state index in [0.717, 1.165) is 6.42 Å². The number of phenols is 1. The molecule has 0 aromatic heterocycles. The average Bonchev–Trinajstić information content (AvgIpc) is 2.97. The molecule has 0 spiro atoms. The first-order valence-electron chi connectivity index (χ1n) is 12.5. The summed E-state index contributed by atoms with van der Waals surface area (Å²) in [6.07, 6.45) is 1.02. The van der Waals surface area contributed by atoms with Crippen molar-refractivity contribution in [2.75, 3.05) is 6.61 Å². The Morgan fingerprint density at radius 3 is 1.85 bits per heavy atom. The molecule has 0 aliphatic heterocycles. The van der Waals surface area contributed by atoms with Crippen LogP contribution in [0.1, 0.15) is 30.0 Å². The van der Waals surface area contributed by atoms with Gasteiger partial charge in [0.1, 0.15) is 11.5 Å². The summed E-state index contributed by atoms with van der Waals surface area (Å²) in [7, 11) is 0. The molecule has 12 nitrogen and oxygen atoms in total. The quantitative estimate of drug-likeness (QED) is 0.111. The third kappa shape index (κ3) is 7.53. The van der Waals surface area contributed by atoms with Gasteiger partial charge in [0.05, 0.1) is 39.2 Å². The van der Waals surface area contributed by atoms with Gasteiger partial charge in [0.25, 0.3) is 11.4 Å². The minimum Gasteiger partial charge on any atom is -0.507 e. The minimum atomic E-state index is -0.513. The summed E-state index contributed by atoms with van der Waals surface area (Å²) in [6.45, 7) is 6.36. The summed E-state index contributed by atoms with van der Waals surface area (Å²) < 4.78 is 5.91. The van der Waals surface area contributed by atoms with Gasteiger partial charge in [-0.25, -0.2) is 0 Å². The maximum absolute atomic E-state index is 11.1. The monoisotopic (exact) mass is 553 g/mol. The van der Waals surface area contributed by atoms with Crippen molar-refractivity contribution in [3.63, 3.8) is 0 Å². The van der Waals surface area contributed by atoms with E-state index in [4.69, 9.17) is 4.74 Å². The van der Waals surface area contributed by atoms with Crippen LogP contribution in [0.25, 0.3) is 0 Å². The molecule has 0 saturated carbocycles. The second-order valence-electron chi connectivity index (χ2n) is 8.88. The second kappa shape index (κ2) is 13.0. The fourth-order valence-corrected chi connectivity index (χ4v) is 3.83. The van der Waals surface area contributed by atoms with Gasteiger partial charge >= 0.3 is 0 Å². The van der Waals surface area contributed by atoms with E-state index in [0.29, 0.717) is 51.8 Å². The van der Waals surface area contributed by atoms with E-state index in [1.165, 1.54) is 36.4 Å². The van der Waals surface area contributed by atoms with Gasteiger partial charge in [0.15, 0.2) is 0 Å². The van der Waals surface area contributed by atoms with Gasteiger partial charge in [-0.05, 0) is 61.4 Å². The van der Waals surface area contributed by atoms with E-state index < -0.39 is 9.85 Å². The van der Waals surface area contributed by atoms with Gasteiger partial charge in [-0.1, -0.05) is 19.1 Å². The van der Waals surface area contributed by atoms with Gasteiger partial charge in [0.2, 0.25) is 0 Å². The number of azo groups is 2. The number of phenolic OH excluding ortho intramolecular Hbond substituents is 1. The van der Waals surface area contributed by atoms with E-state index in [9.17, 15) is 25.3 Å². The Morgan fingerprint density at radius 2 is 1.29 bits per heavy atom. The molecule has 0 fully saturated rings. The van der Waals surface area contributed by atoms with Crippen molar-refractivity contribution in [3.8, 4) is 11.5 Å². The molecule has 0 aliphatic carbocycles. The SMILES string of the molecule is [CH2]c1cc(N=Nc2cccc([N+](=O)[O-])c2)cc(Cc2cc(N=Nc3cccc([N+](=O)[O-])c3)ccc2OCCC)c1O. The maximum Gasteiger partial charge on any atom is 0.271 e. The predicted molar refractivity (Wildman–Crippen MR) is 152 cm³/mol. The number of aromatic hydroxyl groups is 1. The number of non-ortho nitro benzene ring substituents is 2. The van der Waals surface area contributed by atoms with Crippen molar-refractivity contribution < 1.29 is 19.7 Å². The Kier molecular flexibility index (Phi) is 9.05. The van der Waals surface area contributed by atoms with Gasteiger partial charge < -0.3 is 9.84 Å². The van der Waals surface area contributed by atoms with Crippen LogP contribution in [-0.2, 0) is 6.42 Å². The highest BCUT2D eigenvalue weighted by molar-refractivity contribution is 5.57. The second-order valence-corrected chi connectivity index (χ2v) is 8.88. The normalized spacial score (nSPS) is 11.3. The highest BCUT2D eigenvalue weighted by Crippen LogP contribution is 2.35. The predicted octanol–water partition coefficient (Wildman–Crippen LogP) is 8.60. The number of rotatable bonds is 11. The van der Waals surface area contributed by atoms with Gasteiger partial charge in [-0.2, -0.15) is 20.5 Å². The zero-order chi connectivity index (χ0) is 29.4. The summed E-state index contributed by atoms with van der Waals surface area (Å²) in [5.41, 5.74) is 2.84. The van der Waals surface area contributed by atoms with Crippen LogP contribution in [0.3, 0.4) is 0 Å². The first-order chi connectivity index (χ1) is 19.7. The Labute approximate surface area is 235 Å². The lowest BCUT2D eigenvalue weighted by molar-refractivity contribution is -0.385. The number of nitrogens with zero attached hydrogens (tertiary/aromatic N) is 6. The number of nitro benzene ring substituents is 2. The fraction of sp³-hybridized carbons (Fsp3) is 0.138. The number of hydrogen-bond acceptors (Lipinski definition) is 10. The third-order valence-corrected chi connectivity index (χ3v) is 5.78. The molecule has 0 amide bonds. The number of hydrogen-bond donors (Lipinski definition) is 1. The summed E-state index contributed by atoms with van der Waals surface area (Å²) >= 11 is 0. The molecular weight excluding hydrogens is 528 g/mol.